The van der Waals surface area contributed by atoms with Crippen molar-refractivity contribution in [3.05, 3.63) is 53.9 Å². The molecule has 11 nitrogen and oxygen atoms in total. The van der Waals surface area contributed by atoms with E-state index in [0.29, 0.717) is 41.6 Å². The van der Waals surface area contributed by atoms with Gasteiger partial charge in [-0.15, -0.1) is 0 Å². The van der Waals surface area contributed by atoms with Crippen LogP contribution in [0, 0.1) is 13.8 Å². The summed E-state index contributed by atoms with van der Waals surface area (Å²) in [7, 11) is -3.03. The Balaban J connectivity index is 1.28. The molecule has 3 aromatic heterocycles. The Kier molecular flexibility index (Phi) is 6.67. The van der Waals surface area contributed by atoms with Crippen LogP contribution in [0.3, 0.4) is 0 Å². The van der Waals surface area contributed by atoms with E-state index in [2.05, 4.69) is 31.2 Å². The predicted molar refractivity (Wildman–Crippen MR) is 156 cm³/mol. The third-order valence-electron chi connectivity index (χ3n) is 7.35. The summed E-state index contributed by atoms with van der Waals surface area (Å²) in [6, 6.07) is 12.4. The maximum atomic E-state index is 11.7. The second kappa shape index (κ2) is 10.2. The highest BCUT2D eigenvalue weighted by molar-refractivity contribution is 7.90. The summed E-state index contributed by atoms with van der Waals surface area (Å²) in [5.74, 6) is 0.513. The smallest absolute Gasteiger partial charge is 0.300 e. The van der Waals surface area contributed by atoms with Crippen LogP contribution >= 0.6 is 0 Å². The molecule has 0 spiro atoms. The van der Waals surface area contributed by atoms with Crippen molar-refractivity contribution >= 4 is 49.5 Å². The molecule has 1 fully saturated rings. The van der Waals surface area contributed by atoms with Gasteiger partial charge in [0, 0.05) is 30.6 Å². The van der Waals surface area contributed by atoms with Gasteiger partial charge in [0.1, 0.15) is 33.2 Å². The molecule has 0 radical (unpaired) electrons. The molecule has 0 aliphatic carbocycles. The van der Waals surface area contributed by atoms with E-state index >= 15 is 0 Å². The summed E-state index contributed by atoms with van der Waals surface area (Å²) in [6.07, 6.45) is 4.60. The Morgan fingerprint density at radius 1 is 1.15 bits per heavy atom. The van der Waals surface area contributed by atoms with E-state index < -0.39 is 9.84 Å². The SMILES string of the molecule is Cc1cc(C)c2oc(Nc3ccc(-c4nn([C@@H]5CCCN(CCS(C)(=O)=O)C5)c5ncnc(N)c45)cc3)nc2c1. The Labute approximate surface area is 232 Å². The maximum absolute atomic E-state index is 11.7. The van der Waals surface area contributed by atoms with Crippen molar-refractivity contribution in [3.8, 4) is 11.3 Å². The molecule has 1 atom stereocenters. The number of aryl methyl sites for hydroxylation is 2. The van der Waals surface area contributed by atoms with Gasteiger partial charge in [0.15, 0.2) is 11.2 Å². The largest absolute Gasteiger partial charge is 0.423 e. The van der Waals surface area contributed by atoms with E-state index in [4.69, 9.17) is 15.2 Å². The molecule has 1 aliphatic heterocycles. The minimum absolute atomic E-state index is 0.0473. The number of anilines is 3. The van der Waals surface area contributed by atoms with Gasteiger partial charge in [-0.25, -0.2) is 23.1 Å². The number of nitrogens with zero attached hydrogens (tertiary/aromatic N) is 6. The van der Waals surface area contributed by atoms with E-state index in [1.165, 1.54) is 12.6 Å². The monoisotopic (exact) mass is 560 g/mol. The Hall–Kier alpha value is -4.03. The second-order valence-electron chi connectivity index (χ2n) is 10.6. The molecule has 12 heteroatoms. The minimum Gasteiger partial charge on any atom is -0.423 e. The van der Waals surface area contributed by atoms with Crippen molar-refractivity contribution in [1.82, 2.24) is 29.6 Å². The number of rotatable bonds is 7. The highest BCUT2D eigenvalue weighted by atomic mass is 32.2. The number of oxazole rings is 1. The zero-order valence-corrected chi connectivity index (χ0v) is 23.6. The summed E-state index contributed by atoms with van der Waals surface area (Å²) >= 11 is 0. The molecule has 0 amide bonds. The lowest BCUT2D eigenvalue weighted by Gasteiger charge is -2.32. The number of nitrogen functional groups attached to an aromatic ring is 1. The molecule has 2 aromatic carbocycles. The average molecular weight is 561 g/mol. The molecule has 5 aromatic rings. The summed E-state index contributed by atoms with van der Waals surface area (Å²) < 4.78 is 31.3. The van der Waals surface area contributed by atoms with Gasteiger partial charge in [-0.3, -0.25) is 0 Å². The number of nitrogens with two attached hydrogens (primary N) is 1. The Bertz CT molecular complexity index is 1810. The van der Waals surface area contributed by atoms with Crippen LogP contribution in [0.25, 0.3) is 33.4 Å². The standard InChI is InChI=1S/C28H32N8O3S/c1-17-13-18(2)25-22(14-17)33-28(39-25)32-20-8-6-19(7-9-20)24-23-26(29)30-16-31-27(23)36(34-24)21-5-4-10-35(15-21)11-12-40(3,37)38/h6-9,13-14,16,21H,4-5,10-12,15H2,1-3H3,(H,32,33)(H2,29,30,31)/t21-/m1/s1. The maximum Gasteiger partial charge on any atom is 0.300 e. The van der Waals surface area contributed by atoms with Crippen molar-refractivity contribution in [2.45, 2.75) is 32.7 Å². The molecular formula is C28H32N8O3S. The summed E-state index contributed by atoms with van der Waals surface area (Å²) in [5.41, 5.74) is 13.2. The molecule has 1 aliphatic rings. The number of benzene rings is 2. The molecule has 0 unspecified atom stereocenters. The fraction of sp³-hybridized carbons (Fsp3) is 0.357. The van der Waals surface area contributed by atoms with E-state index in [0.717, 1.165) is 52.9 Å². The molecule has 3 N–H and O–H groups in total. The van der Waals surface area contributed by atoms with Gasteiger partial charge in [0.05, 0.1) is 17.2 Å². The van der Waals surface area contributed by atoms with E-state index in [-0.39, 0.29) is 11.8 Å². The highest BCUT2D eigenvalue weighted by Gasteiger charge is 2.27. The lowest BCUT2D eigenvalue weighted by molar-refractivity contribution is 0.180. The van der Waals surface area contributed by atoms with Crippen LogP contribution in [-0.4, -0.2) is 69.7 Å². The fourth-order valence-electron chi connectivity index (χ4n) is 5.45. The molecule has 40 heavy (non-hydrogen) atoms. The molecular weight excluding hydrogens is 528 g/mol. The molecule has 1 saturated heterocycles. The number of fused-ring (bicyclic) bond motifs is 2. The van der Waals surface area contributed by atoms with Crippen molar-refractivity contribution < 1.29 is 12.8 Å². The first-order chi connectivity index (χ1) is 19.1. The van der Waals surface area contributed by atoms with Crippen LogP contribution in [0.2, 0.25) is 0 Å². The van der Waals surface area contributed by atoms with Gasteiger partial charge in [-0.05, 0) is 62.6 Å². The van der Waals surface area contributed by atoms with Crippen LogP contribution in [0.4, 0.5) is 17.5 Å². The topological polar surface area (TPSA) is 145 Å². The molecule has 6 rings (SSSR count). The normalized spacial score (nSPS) is 16.6. The molecule has 4 heterocycles. The van der Waals surface area contributed by atoms with Gasteiger partial charge < -0.3 is 20.4 Å². The lowest BCUT2D eigenvalue weighted by Crippen LogP contribution is -2.39. The predicted octanol–water partition coefficient (Wildman–Crippen LogP) is 4.26. The summed E-state index contributed by atoms with van der Waals surface area (Å²) in [4.78, 5) is 15.5. The molecule has 208 valence electrons. The van der Waals surface area contributed by atoms with Crippen LogP contribution in [-0.2, 0) is 9.84 Å². The van der Waals surface area contributed by atoms with Gasteiger partial charge in [0.25, 0.3) is 6.01 Å². The number of hydrogen-bond acceptors (Lipinski definition) is 10. The zero-order valence-electron chi connectivity index (χ0n) is 22.8. The van der Waals surface area contributed by atoms with Crippen LogP contribution in [0.1, 0.15) is 30.0 Å². The number of likely N-dealkylation sites (tertiary alicyclic amines) is 1. The Morgan fingerprint density at radius 2 is 1.95 bits per heavy atom. The van der Waals surface area contributed by atoms with Crippen molar-refractivity contribution in [1.29, 1.82) is 0 Å². The van der Waals surface area contributed by atoms with Crippen LogP contribution < -0.4 is 11.1 Å². The van der Waals surface area contributed by atoms with Gasteiger partial charge >= 0.3 is 0 Å². The fourth-order valence-corrected chi connectivity index (χ4v) is 6.04. The first-order valence-corrected chi connectivity index (χ1v) is 15.3. The summed E-state index contributed by atoms with van der Waals surface area (Å²) in [6.45, 7) is 6.12. The minimum atomic E-state index is -3.03. The number of sulfone groups is 1. The van der Waals surface area contributed by atoms with Crippen molar-refractivity contribution in [3.63, 3.8) is 0 Å². The van der Waals surface area contributed by atoms with Crippen LogP contribution in [0.15, 0.2) is 47.1 Å². The third-order valence-corrected chi connectivity index (χ3v) is 8.28. The highest BCUT2D eigenvalue weighted by Crippen LogP contribution is 2.34. The number of piperidine rings is 1. The lowest BCUT2D eigenvalue weighted by atomic mass is 10.1. The number of hydrogen-bond donors (Lipinski definition) is 2. The zero-order chi connectivity index (χ0) is 28.0. The summed E-state index contributed by atoms with van der Waals surface area (Å²) in [5, 5.41) is 8.95. The van der Waals surface area contributed by atoms with E-state index in [1.54, 1.807) is 0 Å². The third kappa shape index (κ3) is 5.24. The second-order valence-corrected chi connectivity index (χ2v) is 12.9. The quantitative estimate of drug-likeness (QED) is 0.296. The molecule has 0 saturated carbocycles. The van der Waals surface area contributed by atoms with E-state index in [1.807, 2.05) is 48.9 Å². The van der Waals surface area contributed by atoms with Gasteiger partial charge in [0.2, 0.25) is 0 Å². The molecule has 0 bridgehead atoms. The Morgan fingerprint density at radius 3 is 2.73 bits per heavy atom. The van der Waals surface area contributed by atoms with Crippen LogP contribution in [0.5, 0.6) is 0 Å². The van der Waals surface area contributed by atoms with Crippen molar-refractivity contribution in [2.75, 3.05) is 42.7 Å². The number of aromatic nitrogens is 5. The van der Waals surface area contributed by atoms with Gasteiger partial charge in [-0.1, -0.05) is 18.2 Å². The first-order valence-electron chi connectivity index (χ1n) is 13.3. The van der Waals surface area contributed by atoms with Crippen molar-refractivity contribution in [2.24, 2.45) is 0 Å². The number of nitrogens with one attached hydrogen (secondary N) is 1. The average Bonchev–Trinajstić information content (AvgIpc) is 3.50. The van der Waals surface area contributed by atoms with E-state index in [9.17, 15) is 8.42 Å². The first kappa shape index (κ1) is 26.2. The van der Waals surface area contributed by atoms with Gasteiger partial charge in [-0.2, -0.15) is 10.1 Å².